The quantitative estimate of drug-likeness (QED) is 0.621. The van der Waals surface area contributed by atoms with E-state index in [2.05, 4.69) is 13.8 Å². The van der Waals surface area contributed by atoms with Crippen LogP contribution in [-0.4, -0.2) is 15.1 Å². The summed E-state index contributed by atoms with van der Waals surface area (Å²) in [5.74, 6) is 0.398. The molecule has 1 aromatic heterocycles. The number of rotatable bonds is 2. The molecule has 0 saturated heterocycles. The largest absolute Gasteiger partial charge is 0.294 e. The summed E-state index contributed by atoms with van der Waals surface area (Å²) >= 11 is 0. The zero-order valence-electron chi connectivity index (χ0n) is 18.3. The number of carbonyl (C=O) groups excluding carboxylic acids is 1. The molecule has 0 N–H and O–H groups in total. The van der Waals surface area contributed by atoms with Crippen LogP contribution in [0.5, 0.6) is 0 Å². The minimum Gasteiger partial charge on any atom is -0.294 e. The van der Waals surface area contributed by atoms with Crippen molar-refractivity contribution in [1.29, 1.82) is 0 Å². The molecule has 0 fully saturated rings. The Labute approximate surface area is 180 Å². The molecule has 3 aromatic rings. The highest BCUT2D eigenvalue weighted by molar-refractivity contribution is 6.04. The molecule has 0 bridgehead atoms. The third kappa shape index (κ3) is 2.87. The second-order valence-corrected chi connectivity index (χ2v) is 9.84. The molecule has 5 heteroatoms. The number of carbonyl (C=O) groups is 1. The Morgan fingerprint density at radius 3 is 2.10 bits per heavy atom. The lowest BCUT2D eigenvalue weighted by Gasteiger charge is -2.30. The second-order valence-electron chi connectivity index (χ2n) is 9.84. The van der Waals surface area contributed by atoms with Crippen molar-refractivity contribution >= 4 is 22.3 Å². The van der Waals surface area contributed by atoms with Crippen molar-refractivity contribution < 1.29 is 4.79 Å². The van der Waals surface area contributed by atoms with E-state index in [9.17, 15) is 14.4 Å². The molecule has 158 valence electrons. The van der Waals surface area contributed by atoms with Gasteiger partial charge in [0.1, 0.15) is 6.04 Å². The minimum absolute atomic E-state index is 0.0169. The zero-order valence-corrected chi connectivity index (χ0v) is 18.3. The van der Waals surface area contributed by atoms with Crippen LogP contribution in [0.2, 0.25) is 0 Å². The smallest absolute Gasteiger partial charge is 0.277 e. The molecule has 2 aliphatic rings. The number of hydrogen-bond donors (Lipinski definition) is 0. The maximum Gasteiger partial charge on any atom is 0.277 e. The highest BCUT2D eigenvalue weighted by Gasteiger charge is 2.44. The van der Waals surface area contributed by atoms with Crippen molar-refractivity contribution in [3.8, 4) is 0 Å². The molecular weight excluding hydrogens is 388 g/mol. The normalized spacial score (nSPS) is 19.8. The van der Waals surface area contributed by atoms with E-state index in [0.29, 0.717) is 40.8 Å². The Hall–Kier alpha value is -3.21. The Kier molecular flexibility index (Phi) is 4.23. The lowest BCUT2D eigenvalue weighted by atomic mass is 9.74. The fourth-order valence-corrected chi connectivity index (χ4v) is 5.06. The average molecular weight is 415 g/mol. The summed E-state index contributed by atoms with van der Waals surface area (Å²) in [5, 5.41) is 0.779. The Morgan fingerprint density at radius 2 is 1.48 bits per heavy atom. The maximum atomic E-state index is 13.6. The molecule has 1 atom stereocenters. The number of fused-ring (bicyclic) bond motifs is 3. The van der Waals surface area contributed by atoms with E-state index in [1.807, 2.05) is 38.1 Å². The van der Waals surface area contributed by atoms with Crippen LogP contribution in [0.25, 0.3) is 16.5 Å². The number of aromatic nitrogens is 2. The van der Waals surface area contributed by atoms with Crippen LogP contribution in [0.1, 0.15) is 63.6 Å². The number of benzene rings is 2. The van der Waals surface area contributed by atoms with Crippen molar-refractivity contribution in [3.05, 3.63) is 85.9 Å². The van der Waals surface area contributed by atoms with Crippen LogP contribution < -0.4 is 11.1 Å². The van der Waals surface area contributed by atoms with Gasteiger partial charge in [0.05, 0.1) is 16.5 Å². The fourth-order valence-electron chi connectivity index (χ4n) is 5.06. The van der Waals surface area contributed by atoms with Crippen LogP contribution in [0.4, 0.5) is 0 Å². The van der Waals surface area contributed by atoms with Crippen LogP contribution in [0, 0.1) is 5.41 Å². The molecule has 1 aliphatic carbocycles. The summed E-state index contributed by atoms with van der Waals surface area (Å²) in [6.45, 7) is 8.33. The van der Waals surface area contributed by atoms with E-state index in [-0.39, 0.29) is 22.3 Å². The van der Waals surface area contributed by atoms with Gasteiger partial charge in [-0.2, -0.15) is 0 Å². The van der Waals surface area contributed by atoms with Gasteiger partial charge in [-0.25, -0.2) is 9.36 Å². The van der Waals surface area contributed by atoms with Gasteiger partial charge in [0, 0.05) is 12.0 Å². The third-order valence-electron chi connectivity index (χ3n) is 6.59. The topological polar surface area (TPSA) is 61.1 Å². The van der Waals surface area contributed by atoms with Crippen LogP contribution in [0.3, 0.4) is 0 Å². The summed E-state index contributed by atoms with van der Waals surface area (Å²) < 4.78 is 3.00. The number of allylic oxidation sites excluding steroid dienone is 2. The predicted molar refractivity (Wildman–Crippen MR) is 122 cm³/mol. The molecule has 31 heavy (non-hydrogen) atoms. The molecule has 1 unspecified atom stereocenters. The van der Waals surface area contributed by atoms with Crippen molar-refractivity contribution in [1.82, 2.24) is 9.36 Å². The first-order chi connectivity index (χ1) is 14.7. The van der Waals surface area contributed by atoms with Gasteiger partial charge < -0.3 is 0 Å². The number of ketones is 1. The Balaban J connectivity index is 1.86. The number of nitrogens with zero attached hydrogens (tertiary/aromatic N) is 2. The second kappa shape index (κ2) is 6.64. The van der Waals surface area contributed by atoms with E-state index in [1.165, 1.54) is 14.9 Å². The van der Waals surface area contributed by atoms with Crippen molar-refractivity contribution in [2.24, 2.45) is 5.41 Å². The monoisotopic (exact) mass is 414 g/mol. The van der Waals surface area contributed by atoms with Crippen LogP contribution >= 0.6 is 0 Å². The fraction of sp³-hybridized carbons (Fsp3) is 0.346. The molecule has 0 saturated carbocycles. The first kappa shape index (κ1) is 19.7. The lowest BCUT2D eigenvalue weighted by molar-refractivity contribution is -0.118. The molecular formula is C26H26N2O3. The average Bonchev–Trinajstić information content (AvgIpc) is 3.06. The van der Waals surface area contributed by atoms with Gasteiger partial charge in [0.2, 0.25) is 0 Å². The molecule has 5 rings (SSSR count). The first-order valence-corrected chi connectivity index (χ1v) is 10.8. The van der Waals surface area contributed by atoms with E-state index >= 15 is 0 Å². The van der Waals surface area contributed by atoms with Gasteiger partial charge in [-0.1, -0.05) is 64.1 Å². The standard InChI is InChI=1S/C26H26N2O3/c1-15(2)16-9-11-17(12-10-16)23-22-20(13-26(3,4)14-21(22)29)27-24(30)18-7-5-6-8-19(18)25(31)28(23)27/h5-12,15,23H,13-14H2,1-4H3. The van der Waals surface area contributed by atoms with Crippen LogP contribution in [0.15, 0.2) is 63.7 Å². The molecule has 1 aliphatic heterocycles. The summed E-state index contributed by atoms with van der Waals surface area (Å²) in [4.78, 5) is 40.5. The first-order valence-electron chi connectivity index (χ1n) is 10.8. The van der Waals surface area contributed by atoms with E-state index in [4.69, 9.17) is 0 Å². The lowest BCUT2D eigenvalue weighted by Crippen LogP contribution is -2.37. The molecule has 5 nitrogen and oxygen atoms in total. The molecule has 0 amide bonds. The van der Waals surface area contributed by atoms with Gasteiger partial charge >= 0.3 is 0 Å². The molecule has 2 heterocycles. The highest BCUT2D eigenvalue weighted by atomic mass is 16.2. The van der Waals surface area contributed by atoms with Gasteiger partial charge in [-0.15, -0.1) is 0 Å². The van der Waals surface area contributed by atoms with Gasteiger partial charge in [-0.05, 0) is 41.0 Å². The summed E-state index contributed by atoms with van der Waals surface area (Å²) in [6.07, 6.45) is 0.982. The highest BCUT2D eigenvalue weighted by Crippen LogP contribution is 2.46. The van der Waals surface area contributed by atoms with E-state index in [0.717, 1.165) is 5.56 Å². The molecule has 2 aromatic carbocycles. The van der Waals surface area contributed by atoms with Gasteiger partial charge in [-0.3, -0.25) is 14.4 Å². The van der Waals surface area contributed by atoms with Gasteiger partial charge in [0.25, 0.3) is 11.1 Å². The molecule has 0 spiro atoms. The van der Waals surface area contributed by atoms with Crippen LogP contribution in [-0.2, 0) is 4.79 Å². The Bertz CT molecular complexity index is 1380. The summed E-state index contributed by atoms with van der Waals surface area (Å²) in [7, 11) is 0. The molecule has 0 radical (unpaired) electrons. The SMILES string of the molecule is CC(C)c1ccc(C2C3=C(CC(C)(C)CC3=O)n3c(=O)c4ccccc4c(=O)n32)cc1. The van der Waals surface area contributed by atoms with Crippen molar-refractivity contribution in [3.63, 3.8) is 0 Å². The number of hydrogen-bond acceptors (Lipinski definition) is 3. The number of Topliss-reactive ketones (excluding diaryl/α,β-unsaturated/α-hetero) is 1. The van der Waals surface area contributed by atoms with E-state index < -0.39 is 6.04 Å². The third-order valence-corrected chi connectivity index (χ3v) is 6.59. The van der Waals surface area contributed by atoms with Crippen molar-refractivity contribution in [2.75, 3.05) is 0 Å². The predicted octanol–water partition coefficient (Wildman–Crippen LogP) is 4.49. The zero-order chi connectivity index (χ0) is 22.1. The Morgan fingerprint density at radius 1 is 0.871 bits per heavy atom. The minimum atomic E-state index is -0.579. The summed E-state index contributed by atoms with van der Waals surface area (Å²) in [5.41, 5.74) is 2.56. The van der Waals surface area contributed by atoms with Crippen molar-refractivity contribution in [2.45, 2.75) is 52.5 Å². The van der Waals surface area contributed by atoms with E-state index in [1.54, 1.807) is 24.3 Å². The van der Waals surface area contributed by atoms with Gasteiger partial charge in [0.15, 0.2) is 5.78 Å². The summed E-state index contributed by atoms with van der Waals surface area (Å²) in [6, 6.07) is 14.4. The maximum absolute atomic E-state index is 13.6.